The molecule has 0 spiro atoms. The van der Waals surface area contributed by atoms with Crippen molar-refractivity contribution in [2.75, 3.05) is 25.1 Å². The minimum absolute atomic E-state index is 0.0243. The standard InChI is InChI=1S/C25H34N2O5/c1-5-32-25(31)19-15(2)11-12-18-20(19)24(30)27(13-6-7-14-28)22(18)23(29)26-21-16(3)9-8-10-17(21)4/h8-12,15,18-20,22,28H,5-7,13-14H2,1-4H3,(H,26,29)/t15-,18+,19-,20-,22+/m1/s1. The molecule has 2 aliphatic rings. The van der Waals surface area contributed by atoms with Gasteiger partial charge in [-0.1, -0.05) is 37.3 Å². The maximum atomic E-state index is 13.5. The van der Waals surface area contributed by atoms with Crippen LogP contribution in [0.5, 0.6) is 0 Å². The van der Waals surface area contributed by atoms with Gasteiger partial charge in [0, 0.05) is 24.8 Å². The van der Waals surface area contributed by atoms with E-state index < -0.39 is 23.8 Å². The second-order valence-electron chi connectivity index (χ2n) is 8.79. The first kappa shape index (κ1) is 24.0. The second-order valence-corrected chi connectivity index (χ2v) is 8.79. The number of nitrogens with zero attached hydrogens (tertiary/aromatic N) is 1. The summed E-state index contributed by atoms with van der Waals surface area (Å²) in [4.78, 5) is 41.4. The first-order valence-corrected chi connectivity index (χ1v) is 11.4. The Balaban J connectivity index is 1.96. The molecule has 1 saturated heterocycles. The number of likely N-dealkylation sites (tertiary alicyclic amines) is 1. The minimum Gasteiger partial charge on any atom is -0.466 e. The van der Waals surface area contributed by atoms with Crippen LogP contribution in [-0.2, 0) is 19.1 Å². The third kappa shape index (κ3) is 4.58. The molecule has 0 bridgehead atoms. The Morgan fingerprint density at radius 3 is 2.47 bits per heavy atom. The summed E-state index contributed by atoms with van der Waals surface area (Å²) < 4.78 is 5.29. The largest absolute Gasteiger partial charge is 0.466 e. The van der Waals surface area contributed by atoms with Gasteiger partial charge in [-0.3, -0.25) is 14.4 Å². The van der Waals surface area contributed by atoms with Gasteiger partial charge in [0.2, 0.25) is 11.8 Å². The Hall–Kier alpha value is -2.67. The first-order chi connectivity index (χ1) is 15.3. The number of benzene rings is 1. The number of aliphatic hydroxyl groups is 1. The van der Waals surface area contributed by atoms with Crippen LogP contribution in [0.2, 0.25) is 0 Å². The molecule has 7 nitrogen and oxygen atoms in total. The molecule has 1 aromatic rings. The Morgan fingerprint density at radius 2 is 1.84 bits per heavy atom. The van der Waals surface area contributed by atoms with Crippen LogP contribution < -0.4 is 5.32 Å². The number of allylic oxidation sites excluding steroid dienone is 1. The van der Waals surface area contributed by atoms with Crippen molar-refractivity contribution in [2.24, 2.45) is 23.7 Å². The summed E-state index contributed by atoms with van der Waals surface area (Å²) in [6.45, 7) is 8.14. The van der Waals surface area contributed by atoms with Gasteiger partial charge in [-0.15, -0.1) is 0 Å². The van der Waals surface area contributed by atoms with E-state index in [9.17, 15) is 19.5 Å². The van der Waals surface area contributed by atoms with Gasteiger partial charge < -0.3 is 20.1 Å². The van der Waals surface area contributed by atoms with Gasteiger partial charge in [-0.2, -0.15) is 0 Å². The van der Waals surface area contributed by atoms with E-state index in [0.717, 1.165) is 16.8 Å². The van der Waals surface area contributed by atoms with Gasteiger partial charge in [0.25, 0.3) is 0 Å². The van der Waals surface area contributed by atoms with Crippen molar-refractivity contribution in [3.63, 3.8) is 0 Å². The summed E-state index contributed by atoms with van der Waals surface area (Å²) >= 11 is 0. The van der Waals surface area contributed by atoms with Crippen molar-refractivity contribution in [1.82, 2.24) is 4.90 Å². The zero-order chi connectivity index (χ0) is 23.4. The number of amides is 2. The number of fused-ring (bicyclic) bond motifs is 1. The molecule has 1 fully saturated rings. The second kappa shape index (κ2) is 10.3. The summed E-state index contributed by atoms with van der Waals surface area (Å²) in [7, 11) is 0. The third-order valence-electron chi connectivity index (χ3n) is 6.64. The molecule has 0 saturated carbocycles. The number of anilines is 1. The number of aryl methyl sites for hydroxylation is 2. The van der Waals surface area contributed by atoms with E-state index in [-0.39, 0.29) is 36.9 Å². The SMILES string of the molecule is CCOC(=O)[C@H]1[C@@H]2C(=O)N(CCCCO)[C@H](C(=O)Nc3c(C)cccc3C)[C@H]2C=C[C@H]1C. The van der Waals surface area contributed by atoms with Crippen molar-refractivity contribution >= 4 is 23.5 Å². The van der Waals surface area contributed by atoms with Gasteiger partial charge in [-0.25, -0.2) is 0 Å². The van der Waals surface area contributed by atoms with Crippen LogP contribution in [0.3, 0.4) is 0 Å². The normalized spacial score (nSPS) is 26.7. The molecule has 32 heavy (non-hydrogen) atoms. The number of carbonyl (C=O) groups is 3. The molecule has 3 rings (SSSR count). The van der Waals surface area contributed by atoms with Crippen molar-refractivity contribution < 1.29 is 24.2 Å². The maximum absolute atomic E-state index is 13.5. The number of unbranched alkanes of at least 4 members (excludes halogenated alkanes) is 1. The predicted octanol–water partition coefficient (Wildman–Crippen LogP) is 2.84. The predicted molar refractivity (Wildman–Crippen MR) is 122 cm³/mol. The van der Waals surface area contributed by atoms with Crippen molar-refractivity contribution in [2.45, 2.75) is 46.6 Å². The molecule has 1 heterocycles. The number of hydrogen-bond acceptors (Lipinski definition) is 5. The Kier molecular flexibility index (Phi) is 7.72. The lowest BCUT2D eigenvalue weighted by molar-refractivity contribution is -0.155. The van der Waals surface area contributed by atoms with E-state index >= 15 is 0 Å². The summed E-state index contributed by atoms with van der Waals surface area (Å²) in [5, 5.41) is 12.2. The molecule has 1 aromatic carbocycles. The van der Waals surface area contributed by atoms with Gasteiger partial charge >= 0.3 is 5.97 Å². The van der Waals surface area contributed by atoms with Crippen molar-refractivity contribution in [3.05, 3.63) is 41.5 Å². The number of para-hydroxylation sites is 1. The fourth-order valence-electron chi connectivity index (χ4n) is 5.03. The lowest BCUT2D eigenvalue weighted by Crippen LogP contribution is -2.45. The lowest BCUT2D eigenvalue weighted by Gasteiger charge is -2.32. The van der Waals surface area contributed by atoms with Crippen LogP contribution in [0.4, 0.5) is 5.69 Å². The lowest BCUT2D eigenvalue weighted by atomic mass is 9.70. The zero-order valence-electron chi connectivity index (χ0n) is 19.3. The van der Waals surface area contributed by atoms with E-state index in [0.29, 0.717) is 19.4 Å². The van der Waals surface area contributed by atoms with Gasteiger partial charge in [0.1, 0.15) is 6.04 Å². The Morgan fingerprint density at radius 1 is 1.16 bits per heavy atom. The van der Waals surface area contributed by atoms with E-state index in [1.165, 1.54) is 0 Å². The molecule has 0 radical (unpaired) electrons. The highest BCUT2D eigenvalue weighted by atomic mass is 16.5. The number of hydrogen-bond donors (Lipinski definition) is 2. The molecule has 5 atom stereocenters. The molecule has 2 N–H and O–H groups in total. The summed E-state index contributed by atoms with van der Waals surface area (Å²) in [5.41, 5.74) is 2.64. The fraction of sp³-hybridized carbons (Fsp3) is 0.560. The van der Waals surface area contributed by atoms with Crippen LogP contribution in [-0.4, -0.2) is 53.6 Å². The average Bonchev–Trinajstić information content (AvgIpc) is 3.03. The van der Waals surface area contributed by atoms with Gasteiger partial charge in [0.15, 0.2) is 0 Å². The van der Waals surface area contributed by atoms with E-state index in [1.807, 2.05) is 51.1 Å². The number of esters is 1. The van der Waals surface area contributed by atoms with Crippen LogP contribution in [0.15, 0.2) is 30.4 Å². The highest BCUT2D eigenvalue weighted by Gasteiger charge is 2.56. The molecule has 174 valence electrons. The monoisotopic (exact) mass is 442 g/mol. The molecule has 1 aliphatic heterocycles. The van der Waals surface area contributed by atoms with Crippen molar-refractivity contribution in [1.29, 1.82) is 0 Å². The fourth-order valence-corrected chi connectivity index (χ4v) is 5.03. The van der Waals surface area contributed by atoms with Crippen molar-refractivity contribution in [3.8, 4) is 0 Å². The van der Waals surface area contributed by atoms with Gasteiger partial charge in [-0.05, 0) is 50.7 Å². The number of nitrogens with one attached hydrogen (secondary N) is 1. The van der Waals surface area contributed by atoms with E-state index in [1.54, 1.807) is 11.8 Å². The molecular weight excluding hydrogens is 408 g/mol. The summed E-state index contributed by atoms with van der Waals surface area (Å²) in [6, 6.07) is 5.09. The zero-order valence-corrected chi connectivity index (χ0v) is 19.3. The molecular formula is C25H34N2O5. The summed E-state index contributed by atoms with van der Waals surface area (Å²) in [5.74, 6) is -2.64. The van der Waals surface area contributed by atoms with E-state index in [2.05, 4.69) is 5.32 Å². The number of aliphatic hydroxyl groups excluding tert-OH is 1. The molecule has 2 amide bonds. The molecule has 0 aromatic heterocycles. The summed E-state index contributed by atoms with van der Waals surface area (Å²) in [6.07, 6.45) is 4.96. The number of carbonyl (C=O) groups excluding carboxylic acids is 3. The third-order valence-corrected chi connectivity index (χ3v) is 6.64. The Labute approximate surface area is 189 Å². The van der Waals surface area contributed by atoms with Crippen LogP contribution in [0, 0.1) is 37.5 Å². The maximum Gasteiger partial charge on any atom is 0.310 e. The highest BCUT2D eigenvalue weighted by molar-refractivity contribution is 6.02. The first-order valence-electron chi connectivity index (χ1n) is 11.4. The number of ether oxygens (including phenoxy) is 1. The van der Waals surface area contributed by atoms with E-state index in [4.69, 9.17) is 4.74 Å². The van der Waals surface area contributed by atoms with Crippen LogP contribution >= 0.6 is 0 Å². The topological polar surface area (TPSA) is 95.9 Å². The minimum atomic E-state index is -0.717. The van der Waals surface area contributed by atoms with Crippen LogP contribution in [0.1, 0.15) is 37.8 Å². The molecule has 1 aliphatic carbocycles. The number of rotatable bonds is 8. The average molecular weight is 443 g/mol. The molecule has 7 heteroatoms. The van der Waals surface area contributed by atoms with Gasteiger partial charge in [0.05, 0.1) is 18.4 Å². The molecule has 0 unspecified atom stereocenters. The Bertz CT molecular complexity index is 876. The van der Waals surface area contributed by atoms with Crippen LogP contribution in [0.25, 0.3) is 0 Å². The quantitative estimate of drug-likeness (QED) is 0.367. The smallest absolute Gasteiger partial charge is 0.310 e. The highest BCUT2D eigenvalue weighted by Crippen LogP contribution is 2.44.